The third-order valence-corrected chi connectivity index (χ3v) is 4.84. The highest BCUT2D eigenvalue weighted by molar-refractivity contribution is 7.90. The maximum Gasteiger partial charge on any atom is 0.237 e. The van der Waals surface area contributed by atoms with Crippen molar-refractivity contribution in [2.75, 3.05) is 12.0 Å². The lowest BCUT2D eigenvalue weighted by molar-refractivity contribution is -0.123. The first-order chi connectivity index (χ1) is 8.69. The molecule has 0 aromatic carbocycles. The Morgan fingerprint density at radius 2 is 2.11 bits per heavy atom. The molecular formula is C12H20N2O3S2. The minimum Gasteiger partial charge on any atom is -0.347 e. The fraction of sp³-hybridized carbons (Fsp3) is 0.583. The van der Waals surface area contributed by atoms with Gasteiger partial charge >= 0.3 is 0 Å². The van der Waals surface area contributed by atoms with Crippen LogP contribution in [0.2, 0.25) is 0 Å². The molecule has 1 aromatic heterocycles. The molecule has 2 unspecified atom stereocenters. The first-order valence-corrected chi connectivity index (χ1v) is 8.87. The topological polar surface area (TPSA) is 89.3 Å². The minimum absolute atomic E-state index is 0.0753. The van der Waals surface area contributed by atoms with Gasteiger partial charge in [-0.15, -0.1) is 11.3 Å². The van der Waals surface area contributed by atoms with Gasteiger partial charge in [-0.05, 0) is 32.4 Å². The SMILES string of the molecule is Cc1ccc(C(C)NC(=O)C(N)CCS(C)(=O)=O)s1. The third-order valence-electron chi connectivity index (χ3n) is 2.68. The van der Waals surface area contributed by atoms with Gasteiger partial charge in [0.05, 0.1) is 17.8 Å². The van der Waals surface area contributed by atoms with Crippen LogP contribution in [0.3, 0.4) is 0 Å². The molecule has 1 aromatic rings. The van der Waals surface area contributed by atoms with Crippen molar-refractivity contribution in [3.8, 4) is 0 Å². The lowest BCUT2D eigenvalue weighted by Crippen LogP contribution is -2.42. The number of hydrogen-bond acceptors (Lipinski definition) is 5. The van der Waals surface area contributed by atoms with Crippen LogP contribution in [-0.4, -0.2) is 32.4 Å². The van der Waals surface area contributed by atoms with Crippen molar-refractivity contribution in [3.05, 3.63) is 21.9 Å². The van der Waals surface area contributed by atoms with Crippen LogP contribution >= 0.6 is 11.3 Å². The number of nitrogens with two attached hydrogens (primary N) is 1. The van der Waals surface area contributed by atoms with Gasteiger partial charge < -0.3 is 11.1 Å². The van der Waals surface area contributed by atoms with Crippen LogP contribution in [0, 0.1) is 6.92 Å². The number of hydrogen-bond donors (Lipinski definition) is 2. The largest absolute Gasteiger partial charge is 0.347 e. The first-order valence-electron chi connectivity index (χ1n) is 5.99. The monoisotopic (exact) mass is 304 g/mol. The fourth-order valence-corrected chi connectivity index (χ4v) is 3.11. The van der Waals surface area contributed by atoms with Gasteiger partial charge in [0.2, 0.25) is 5.91 Å². The fourth-order valence-electron chi connectivity index (χ4n) is 1.55. The second kappa shape index (κ2) is 6.49. The van der Waals surface area contributed by atoms with Gasteiger partial charge in [-0.3, -0.25) is 4.79 Å². The van der Waals surface area contributed by atoms with Crippen LogP contribution in [0.4, 0.5) is 0 Å². The van der Waals surface area contributed by atoms with Crippen molar-refractivity contribution in [3.63, 3.8) is 0 Å². The van der Waals surface area contributed by atoms with E-state index in [4.69, 9.17) is 5.73 Å². The van der Waals surface area contributed by atoms with E-state index < -0.39 is 15.9 Å². The summed E-state index contributed by atoms with van der Waals surface area (Å²) in [5.74, 6) is -0.393. The van der Waals surface area contributed by atoms with Crippen LogP contribution in [-0.2, 0) is 14.6 Å². The molecule has 2 atom stereocenters. The molecule has 0 fully saturated rings. The molecule has 3 N–H and O–H groups in total. The molecule has 5 nitrogen and oxygen atoms in total. The predicted molar refractivity (Wildman–Crippen MR) is 77.9 cm³/mol. The van der Waals surface area contributed by atoms with E-state index in [-0.39, 0.29) is 24.1 Å². The second-order valence-corrected chi connectivity index (χ2v) is 8.28. The van der Waals surface area contributed by atoms with E-state index in [0.29, 0.717) is 0 Å². The van der Waals surface area contributed by atoms with E-state index in [0.717, 1.165) is 11.1 Å². The molecule has 0 bridgehead atoms. The molecule has 1 amide bonds. The van der Waals surface area contributed by atoms with Crippen LogP contribution in [0.25, 0.3) is 0 Å². The van der Waals surface area contributed by atoms with Gasteiger partial charge in [0.1, 0.15) is 9.84 Å². The van der Waals surface area contributed by atoms with Gasteiger partial charge in [0.25, 0.3) is 0 Å². The minimum atomic E-state index is -3.09. The normalized spacial score (nSPS) is 14.9. The quantitative estimate of drug-likeness (QED) is 0.820. The molecule has 0 aliphatic heterocycles. The molecule has 0 aliphatic carbocycles. The molecule has 7 heteroatoms. The molecule has 0 saturated carbocycles. The van der Waals surface area contributed by atoms with Gasteiger partial charge in [-0.25, -0.2) is 8.42 Å². The van der Waals surface area contributed by atoms with E-state index >= 15 is 0 Å². The van der Waals surface area contributed by atoms with Crippen molar-refractivity contribution in [1.82, 2.24) is 5.32 Å². The first kappa shape index (κ1) is 16.1. The summed E-state index contributed by atoms with van der Waals surface area (Å²) in [6.45, 7) is 3.88. The Labute approximate surface area is 118 Å². The van der Waals surface area contributed by atoms with Gasteiger partial charge in [0, 0.05) is 16.0 Å². The molecule has 1 heterocycles. The highest BCUT2D eigenvalue weighted by Crippen LogP contribution is 2.22. The summed E-state index contributed by atoms with van der Waals surface area (Å²) in [6, 6.07) is 3.05. The lowest BCUT2D eigenvalue weighted by Gasteiger charge is -2.16. The van der Waals surface area contributed by atoms with E-state index in [9.17, 15) is 13.2 Å². The number of carbonyl (C=O) groups excluding carboxylic acids is 1. The molecule has 1 rings (SSSR count). The molecule has 108 valence electrons. The average Bonchev–Trinajstić information content (AvgIpc) is 2.71. The Bertz CT molecular complexity index is 537. The van der Waals surface area contributed by atoms with Gasteiger partial charge in [-0.1, -0.05) is 0 Å². The number of carbonyl (C=O) groups is 1. The summed E-state index contributed by atoms with van der Waals surface area (Å²) in [4.78, 5) is 14.1. The Balaban J connectivity index is 2.50. The number of thiophene rings is 1. The third kappa shape index (κ3) is 5.71. The van der Waals surface area contributed by atoms with Gasteiger partial charge in [-0.2, -0.15) is 0 Å². The maximum absolute atomic E-state index is 11.8. The van der Waals surface area contributed by atoms with E-state index in [1.807, 2.05) is 26.0 Å². The van der Waals surface area contributed by atoms with Crippen LogP contribution in [0.1, 0.15) is 29.1 Å². The standard InChI is InChI=1S/C12H20N2O3S2/c1-8-4-5-11(18-8)9(2)14-12(15)10(13)6-7-19(3,16)17/h4-5,9-10H,6-7,13H2,1-3H3,(H,14,15). The summed E-state index contributed by atoms with van der Waals surface area (Å²) < 4.78 is 22.0. The smallest absolute Gasteiger partial charge is 0.237 e. The number of rotatable bonds is 6. The van der Waals surface area contributed by atoms with Crippen molar-refractivity contribution in [2.45, 2.75) is 32.4 Å². The number of aryl methyl sites for hydroxylation is 1. The van der Waals surface area contributed by atoms with E-state index in [1.165, 1.54) is 4.88 Å². The summed E-state index contributed by atoms with van der Waals surface area (Å²) in [6.07, 6.45) is 1.27. The van der Waals surface area contributed by atoms with Crippen LogP contribution in [0.5, 0.6) is 0 Å². The Morgan fingerprint density at radius 1 is 1.47 bits per heavy atom. The van der Waals surface area contributed by atoms with Crippen LogP contribution < -0.4 is 11.1 Å². The zero-order chi connectivity index (χ0) is 14.6. The molecule has 0 aliphatic rings. The molecule has 0 spiro atoms. The van der Waals surface area contributed by atoms with Crippen molar-refractivity contribution in [1.29, 1.82) is 0 Å². The summed E-state index contributed by atoms with van der Waals surface area (Å²) in [7, 11) is -3.09. The zero-order valence-corrected chi connectivity index (χ0v) is 13.0. The van der Waals surface area contributed by atoms with Crippen molar-refractivity contribution in [2.24, 2.45) is 5.73 Å². The summed E-state index contributed by atoms with van der Waals surface area (Å²) in [5.41, 5.74) is 5.68. The van der Waals surface area contributed by atoms with Crippen molar-refractivity contribution < 1.29 is 13.2 Å². The highest BCUT2D eigenvalue weighted by atomic mass is 32.2. The summed E-state index contributed by atoms with van der Waals surface area (Å²) in [5, 5.41) is 2.80. The maximum atomic E-state index is 11.8. The molecule has 0 radical (unpaired) electrons. The second-order valence-electron chi connectivity index (χ2n) is 4.70. The Kier molecular flexibility index (Phi) is 5.51. The molecule has 0 saturated heterocycles. The number of nitrogens with one attached hydrogen (secondary N) is 1. The van der Waals surface area contributed by atoms with Crippen LogP contribution in [0.15, 0.2) is 12.1 Å². The van der Waals surface area contributed by atoms with Gasteiger partial charge in [0.15, 0.2) is 0 Å². The Hall–Kier alpha value is -0.920. The number of amides is 1. The van der Waals surface area contributed by atoms with E-state index in [1.54, 1.807) is 11.3 Å². The van der Waals surface area contributed by atoms with E-state index in [2.05, 4.69) is 5.32 Å². The summed E-state index contributed by atoms with van der Waals surface area (Å²) >= 11 is 1.62. The van der Waals surface area contributed by atoms with Crippen molar-refractivity contribution >= 4 is 27.1 Å². The zero-order valence-electron chi connectivity index (χ0n) is 11.3. The lowest BCUT2D eigenvalue weighted by atomic mass is 10.2. The highest BCUT2D eigenvalue weighted by Gasteiger charge is 2.18. The molecule has 19 heavy (non-hydrogen) atoms. The predicted octanol–water partition coefficient (Wildman–Crippen LogP) is 0.996. The molecular weight excluding hydrogens is 284 g/mol. The average molecular weight is 304 g/mol. The Morgan fingerprint density at radius 3 is 2.58 bits per heavy atom. The number of sulfone groups is 1.